The van der Waals surface area contributed by atoms with Gasteiger partial charge in [0.15, 0.2) is 0 Å². The fourth-order valence-corrected chi connectivity index (χ4v) is 3.65. The summed E-state index contributed by atoms with van der Waals surface area (Å²) in [5.74, 6) is 0.324. The lowest BCUT2D eigenvalue weighted by molar-refractivity contribution is -0.115. The second-order valence-corrected chi connectivity index (χ2v) is 7.30. The summed E-state index contributed by atoms with van der Waals surface area (Å²) in [5.41, 5.74) is 2.07. The van der Waals surface area contributed by atoms with Crippen LogP contribution >= 0.6 is 23.5 Å². The first-order valence-corrected chi connectivity index (χ1v) is 9.73. The second kappa shape index (κ2) is 7.77. The highest BCUT2D eigenvalue weighted by atomic mass is 32.2. The molecule has 0 spiro atoms. The van der Waals surface area contributed by atoms with Crippen LogP contribution in [0.1, 0.15) is 22.3 Å². The Morgan fingerprint density at radius 1 is 1.25 bits per heavy atom. The average Bonchev–Trinajstić information content (AvgIpc) is 2.79. The molecular weight excluding hydrogens is 342 g/mol. The minimum absolute atomic E-state index is 0.0272. The van der Waals surface area contributed by atoms with Gasteiger partial charge in [0, 0.05) is 22.0 Å². The number of anilines is 1. The minimum atomic E-state index is -0.393. The quantitative estimate of drug-likeness (QED) is 0.655. The Kier molecular flexibility index (Phi) is 5.48. The Morgan fingerprint density at radius 2 is 2.04 bits per heavy atom. The van der Waals surface area contributed by atoms with E-state index in [4.69, 9.17) is 4.74 Å². The SMILES string of the molecule is CSc1ccc(COC(=O)c2ccc3c(c2)NC(=O)CCS3)cc1. The third-order valence-corrected chi connectivity index (χ3v) is 5.42. The first kappa shape index (κ1) is 16.9. The smallest absolute Gasteiger partial charge is 0.338 e. The molecule has 1 N–H and O–H groups in total. The van der Waals surface area contributed by atoms with Gasteiger partial charge in [-0.1, -0.05) is 12.1 Å². The molecule has 0 saturated carbocycles. The Morgan fingerprint density at radius 3 is 2.79 bits per heavy atom. The summed E-state index contributed by atoms with van der Waals surface area (Å²) >= 11 is 3.28. The van der Waals surface area contributed by atoms with Gasteiger partial charge >= 0.3 is 5.97 Å². The number of benzene rings is 2. The van der Waals surface area contributed by atoms with Gasteiger partial charge in [-0.2, -0.15) is 0 Å². The number of nitrogens with one attached hydrogen (secondary N) is 1. The van der Waals surface area contributed by atoms with Crippen LogP contribution in [0, 0.1) is 0 Å². The summed E-state index contributed by atoms with van der Waals surface area (Å²) in [5, 5.41) is 2.83. The van der Waals surface area contributed by atoms with E-state index in [-0.39, 0.29) is 12.5 Å². The molecule has 124 valence electrons. The lowest BCUT2D eigenvalue weighted by Gasteiger charge is -2.09. The van der Waals surface area contributed by atoms with Crippen molar-refractivity contribution < 1.29 is 14.3 Å². The highest BCUT2D eigenvalue weighted by molar-refractivity contribution is 7.99. The predicted octanol–water partition coefficient (Wildman–Crippen LogP) is 4.20. The Balaban J connectivity index is 1.67. The molecule has 1 amide bonds. The van der Waals surface area contributed by atoms with Crippen LogP contribution in [0.15, 0.2) is 52.3 Å². The molecule has 24 heavy (non-hydrogen) atoms. The summed E-state index contributed by atoms with van der Waals surface area (Å²) in [7, 11) is 0. The first-order chi connectivity index (χ1) is 11.7. The maximum absolute atomic E-state index is 12.2. The molecule has 0 radical (unpaired) electrons. The van der Waals surface area contributed by atoms with Crippen LogP contribution in [0.25, 0.3) is 0 Å². The molecule has 0 bridgehead atoms. The van der Waals surface area contributed by atoms with Crippen molar-refractivity contribution in [3.05, 3.63) is 53.6 Å². The van der Waals surface area contributed by atoms with E-state index < -0.39 is 5.97 Å². The molecule has 3 rings (SSSR count). The van der Waals surface area contributed by atoms with Crippen molar-refractivity contribution in [2.45, 2.75) is 22.8 Å². The average molecular weight is 359 g/mol. The van der Waals surface area contributed by atoms with Gasteiger partial charge < -0.3 is 10.1 Å². The maximum atomic E-state index is 12.2. The number of thioether (sulfide) groups is 2. The van der Waals surface area contributed by atoms with Gasteiger partial charge in [-0.15, -0.1) is 23.5 Å². The Labute approximate surface area is 149 Å². The summed E-state index contributed by atoms with van der Waals surface area (Å²) < 4.78 is 5.37. The number of fused-ring (bicyclic) bond motifs is 1. The van der Waals surface area contributed by atoms with Crippen LogP contribution in [0.5, 0.6) is 0 Å². The summed E-state index contributed by atoms with van der Waals surface area (Å²) in [6.45, 7) is 0.228. The number of carbonyl (C=O) groups excluding carboxylic acids is 2. The minimum Gasteiger partial charge on any atom is -0.457 e. The lowest BCUT2D eigenvalue weighted by Crippen LogP contribution is -2.11. The van der Waals surface area contributed by atoms with Crippen LogP contribution in [-0.2, 0) is 16.1 Å². The van der Waals surface area contributed by atoms with E-state index in [2.05, 4.69) is 5.32 Å². The van der Waals surface area contributed by atoms with E-state index >= 15 is 0 Å². The van der Waals surface area contributed by atoms with Gasteiger partial charge in [0.05, 0.1) is 11.3 Å². The Hall–Kier alpha value is -1.92. The number of ether oxygens (including phenoxy) is 1. The lowest BCUT2D eigenvalue weighted by atomic mass is 10.2. The predicted molar refractivity (Wildman–Crippen MR) is 97.8 cm³/mol. The van der Waals surface area contributed by atoms with Crippen LogP contribution in [0.3, 0.4) is 0 Å². The van der Waals surface area contributed by atoms with E-state index in [1.807, 2.05) is 36.6 Å². The van der Waals surface area contributed by atoms with Crippen LogP contribution in [0.2, 0.25) is 0 Å². The van der Waals surface area contributed by atoms with Gasteiger partial charge in [0.25, 0.3) is 0 Å². The first-order valence-electron chi connectivity index (χ1n) is 7.52. The van der Waals surface area contributed by atoms with Crippen LogP contribution in [-0.4, -0.2) is 23.9 Å². The van der Waals surface area contributed by atoms with Crippen molar-refractivity contribution in [2.75, 3.05) is 17.3 Å². The van der Waals surface area contributed by atoms with E-state index in [1.165, 1.54) is 4.90 Å². The summed E-state index contributed by atoms with van der Waals surface area (Å²) in [6, 6.07) is 13.2. The van der Waals surface area contributed by atoms with Gasteiger partial charge in [-0.3, -0.25) is 4.79 Å². The zero-order chi connectivity index (χ0) is 16.9. The monoisotopic (exact) mass is 359 g/mol. The number of esters is 1. The molecule has 2 aromatic rings. The Bertz CT molecular complexity index is 759. The number of hydrogen-bond donors (Lipinski definition) is 1. The number of carbonyl (C=O) groups is 2. The third kappa shape index (κ3) is 4.13. The zero-order valence-electron chi connectivity index (χ0n) is 13.2. The van der Waals surface area contributed by atoms with Crippen molar-refractivity contribution in [1.82, 2.24) is 0 Å². The largest absolute Gasteiger partial charge is 0.457 e. The molecule has 1 aliphatic heterocycles. The van der Waals surface area contributed by atoms with Gasteiger partial charge in [-0.05, 0) is 42.2 Å². The molecule has 1 heterocycles. The van der Waals surface area contributed by atoms with Crippen molar-refractivity contribution in [1.29, 1.82) is 0 Å². The van der Waals surface area contributed by atoms with Crippen molar-refractivity contribution in [3.8, 4) is 0 Å². The molecule has 0 aliphatic carbocycles. The van der Waals surface area contributed by atoms with Crippen LogP contribution < -0.4 is 5.32 Å². The van der Waals surface area contributed by atoms with Gasteiger partial charge in [0.2, 0.25) is 5.91 Å². The van der Waals surface area contributed by atoms with E-state index in [0.717, 1.165) is 16.2 Å². The van der Waals surface area contributed by atoms with E-state index in [0.29, 0.717) is 17.7 Å². The van der Waals surface area contributed by atoms with Crippen molar-refractivity contribution >= 4 is 41.1 Å². The van der Waals surface area contributed by atoms with E-state index in [1.54, 1.807) is 35.7 Å². The third-order valence-electron chi connectivity index (χ3n) is 3.61. The highest BCUT2D eigenvalue weighted by Crippen LogP contribution is 2.31. The van der Waals surface area contributed by atoms with Crippen molar-refractivity contribution in [2.24, 2.45) is 0 Å². The topological polar surface area (TPSA) is 55.4 Å². The van der Waals surface area contributed by atoms with Gasteiger partial charge in [-0.25, -0.2) is 4.79 Å². The molecule has 0 aromatic heterocycles. The summed E-state index contributed by atoms with van der Waals surface area (Å²) in [4.78, 5) is 26.0. The zero-order valence-corrected chi connectivity index (χ0v) is 14.8. The van der Waals surface area contributed by atoms with Gasteiger partial charge in [0.1, 0.15) is 6.61 Å². The standard InChI is InChI=1S/C18H17NO3S2/c1-23-14-5-2-12(3-6-14)11-22-18(21)13-4-7-16-15(10-13)19-17(20)8-9-24-16/h2-7,10H,8-9,11H2,1H3,(H,19,20). The van der Waals surface area contributed by atoms with Crippen molar-refractivity contribution in [3.63, 3.8) is 0 Å². The molecule has 2 aromatic carbocycles. The molecule has 6 heteroatoms. The molecule has 4 nitrogen and oxygen atoms in total. The fourth-order valence-electron chi connectivity index (χ4n) is 2.30. The molecule has 0 fully saturated rings. The maximum Gasteiger partial charge on any atom is 0.338 e. The molecule has 0 saturated heterocycles. The molecule has 0 unspecified atom stereocenters. The summed E-state index contributed by atoms with van der Waals surface area (Å²) in [6.07, 6.45) is 2.50. The molecular formula is C18H17NO3S2. The normalized spacial score (nSPS) is 13.6. The highest BCUT2D eigenvalue weighted by Gasteiger charge is 2.16. The molecule has 0 atom stereocenters. The number of amides is 1. The molecule has 1 aliphatic rings. The van der Waals surface area contributed by atoms with Crippen LogP contribution in [0.4, 0.5) is 5.69 Å². The number of rotatable bonds is 4. The second-order valence-electron chi connectivity index (χ2n) is 5.28. The fraction of sp³-hybridized carbons (Fsp3) is 0.222. The van der Waals surface area contributed by atoms with E-state index in [9.17, 15) is 9.59 Å². The number of hydrogen-bond acceptors (Lipinski definition) is 5.